The third-order valence-corrected chi connectivity index (χ3v) is 2.16. The maximum Gasteiger partial charge on any atom is 0.104 e. The number of hydrogen-bond donors (Lipinski definition) is 1. The van der Waals surface area contributed by atoms with Gasteiger partial charge >= 0.3 is 0 Å². The Morgan fingerprint density at radius 2 is 1.88 bits per heavy atom. The maximum absolute atomic E-state index is 8.43. The number of unbranched alkanes of at least 4 members (excludes halogenated alkanes) is 2. The van der Waals surface area contributed by atoms with Gasteiger partial charge in [-0.15, -0.1) is 5.92 Å². The van der Waals surface area contributed by atoms with E-state index in [2.05, 4.69) is 24.0 Å². The Labute approximate surface area is 97.3 Å². The van der Waals surface area contributed by atoms with Crippen molar-refractivity contribution in [2.75, 3.05) is 13.2 Å². The van der Waals surface area contributed by atoms with E-state index < -0.39 is 0 Å². The molecular formula is C14H18O2. The number of aliphatic hydroxyl groups is 1. The number of aliphatic hydroxyl groups excluding tert-OH is 1. The maximum atomic E-state index is 8.43. The summed E-state index contributed by atoms with van der Waals surface area (Å²) in [5.74, 6) is 5.52. The summed E-state index contributed by atoms with van der Waals surface area (Å²) in [5, 5.41) is 8.43. The van der Waals surface area contributed by atoms with Crippen LogP contribution in [-0.2, 0) is 11.3 Å². The van der Waals surface area contributed by atoms with Crippen LogP contribution in [0.1, 0.15) is 24.8 Å². The zero-order chi connectivity index (χ0) is 11.5. The number of benzene rings is 1. The van der Waals surface area contributed by atoms with E-state index in [0.29, 0.717) is 6.61 Å². The fourth-order valence-electron chi connectivity index (χ4n) is 1.33. The third kappa shape index (κ3) is 6.23. The number of rotatable bonds is 6. The summed E-state index contributed by atoms with van der Waals surface area (Å²) >= 11 is 0. The second kappa shape index (κ2) is 8.96. The Morgan fingerprint density at radius 1 is 1.06 bits per heavy atom. The summed E-state index contributed by atoms with van der Waals surface area (Å²) < 4.78 is 5.53. The van der Waals surface area contributed by atoms with Gasteiger partial charge in [0, 0.05) is 13.0 Å². The number of ether oxygens (including phenoxy) is 1. The summed E-state index contributed by atoms with van der Waals surface area (Å²) in [7, 11) is 0. The second-order valence-corrected chi connectivity index (χ2v) is 3.51. The van der Waals surface area contributed by atoms with Crippen LogP contribution in [0.5, 0.6) is 0 Å². The summed E-state index contributed by atoms with van der Waals surface area (Å²) in [6.45, 7) is 1.42. The molecule has 0 aliphatic heterocycles. The lowest BCUT2D eigenvalue weighted by Crippen LogP contribution is -1.95. The molecule has 0 unspecified atom stereocenters. The highest BCUT2D eigenvalue weighted by Gasteiger charge is 1.91. The molecule has 0 spiro atoms. The largest absolute Gasteiger partial charge is 0.384 e. The summed E-state index contributed by atoms with van der Waals surface area (Å²) in [6, 6.07) is 10.2. The Bertz CT molecular complexity index is 322. The second-order valence-electron chi connectivity index (χ2n) is 3.51. The summed E-state index contributed by atoms with van der Waals surface area (Å²) in [5.41, 5.74) is 1.21. The molecule has 0 fully saturated rings. The predicted molar refractivity (Wildman–Crippen MR) is 64.8 cm³/mol. The average Bonchev–Trinajstić information content (AvgIpc) is 2.34. The van der Waals surface area contributed by atoms with Crippen LogP contribution in [0, 0.1) is 11.8 Å². The first-order valence-corrected chi connectivity index (χ1v) is 5.61. The third-order valence-electron chi connectivity index (χ3n) is 2.16. The average molecular weight is 218 g/mol. The Kier molecular flexibility index (Phi) is 7.15. The molecule has 0 aliphatic rings. The fraction of sp³-hybridized carbons (Fsp3) is 0.429. The Morgan fingerprint density at radius 3 is 2.62 bits per heavy atom. The highest BCUT2D eigenvalue weighted by atomic mass is 16.5. The molecule has 86 valence electrons. The predicted octanol–water partition coefficient (Wildman–Crippen LogP) is 2.37. The van der Waals surface area contributed by atoms with Gasteiger partial charge in [-0.3, -0.25) is 0 Å². The lowest BCUT2D eigenvalue weighted by molar-refractivity contribution is 0.117. The van der Waals surface area contributed by atoms with Crippen molar-refractivity contribution >= 4 is 0 Å². The van der Waals surface area contributed by atoms with Crippen molar-refractivity contribution in [3.05, 3.63) is 35.9 Å². The molecule has 0 aromatic heterocycles. The summed E-state index contributed by atoms with van der Waals surface area (Å²) in [4.78, 5) is 0. The van der Waals surface area contributed by atoms with Gasteiger partial charge in [0.1, 0.15) is 6.61 Å². The van der Waals surface area contributed by atoms with Gasteiger partial charge in [0.15, 0.2) is 0 Å². The van der Waals surface area contributed by atoms with Crippen molar-refractivity contribution in [2.24, 2.45) is 0 Å². The first-order valence-electron chi connectivity index (χ1n) is 5.61. The molecule has 0 saturated carbocycles. The van der Waals surface area contributed by atoms with Crippen LogP contribution in [0.4, 0.5) is 0 Å². The zero-order valence-electron chi connectivity index (χ0n) is 9.48. The monoisotopic (exact) mass is 218 g/mol. The van der Waals surface area contributed by atoms with E-state index in [4.69, 9.17) is 9.84 Å². The van der Waals surface area contributed by atoms with Crippen molar-refractivity contribution in [3.8, 4) is 11.8 Å². The lowest BCUT2D eigenvalue weighted by Gasteiger charge is -2.02. The highest BCUT2D eigenvalue weighted by molar-refractivity contribution is 5.13. The van der Waals surface area contributed by atoms with Crippen molar-refractivity contribution < 1.29 is 9.84 Å². The normalized spacial score (nSPS) is 9.56. The van der Waals surface area contributed by atoms with Gasteiger partial charge in [0.05, 0.1) is 6.61 Å². The van der Waals surface area contributed by atoms with Crippen molar-refractivity contribution in [3.63, 3.8) is 0 Å². The van der Waals surface area contributed by atoms with Gasteiger partial charge in [-0.2, -0.15) is 0 Å². The molecule has 0 amide bonds. The summed E-state index contributed by atoms with van der Waals surface area (Å²) in [6.07, 6.45) is 2.89. The van der Waals surface area contributed by atoms with Gasteiger partial charge in [-0.1, -0.05) is 36.3 Å². The van der Waals surface area contributed by atoms with E-state index >= 15 is 0 Å². The molecule has 0 radical (unpaired) electrons. The van der Waals surface area contributed by atoms with Gasteiger partial charge in [0.25, 0.3) is 0 Å². The van der Waals surface area contributed by atoms with Crippen LogP contribution >= 0.6 is 0 Å². The Balaban J connectivity index is 1.96. The minimum absolute atomic E-state index is 0.0372. The molecule has 0 heterocycles. The SMILES string of the molecule is OCC#CCCCCOCc1ccccc1. The molecular weight excluding hydrogens is 200 g/mol. The van der Waals surface area contributed by atoms with E-state index in [-0.39, 0.29) is 6.61 Å². The first kappa shape index (κ1) is 12.8. The molecule has 16 heavy (non-hydrogen) atoms. The van der Waals surface area contributed by atoms with E-state index in [1.165, 1.54) is 5.56 Å². The molecule has 1 aromatic rings. The van der Waals surface area contributed by atoms with Crippen LogP contribution < -0.4 is 0 Å². The first-order chi connectivity index (χ1) is 7.93. The van der Waals surface area contributed by atoms with Crippen LogP contribution in [-0.4, -0.2) is 18.3 Å². The molecule has 1 rings (SSSR count). The minimum Gasteiger partial charge on any atom is -0.384 e. The topological polar surface area (TPSA) is 29.5 Å². The molecule has 1 N–H and O–H groups in total. The van der Waals surface area contributed by atoms with Crippen molar-refractivity contribution in [1.29, 1.82) is 0 Å². The molecule has 0 bridgehead atoms. The van der Waals surface area contributed by atoms with E-state index in [1.807, 2.05) is 18.2 Å². The molecule has 2 nitrogen and oxygen atoms in total. The number of hydrogen-bond acceptors (Lipinski definition) is 2. The highest BCUT2D eigenvalue weighted by Crippen LogP contribution is 2.02. The van der Waals surface area contributed by atoms with Gasteiger partial charge in [-0.25, -0.2) is 0 Å². The quantitative estimate of drug-likeness (QED) is 0.586. The van der Waals surface area contributed by atoms with Gasteiger partial charge < -0.3 is 9.84 Å². The lowest BCUT2D eigenvalue weighted by atomic mass is 10.2. The molecule has 0 atom stereocenters. The van der Waals surface area contributed by atoms with E-state index in [0.717, 1.165) is 25.9 Å². The molecule has 2 heteroatoms. The fourth-order valence-corrected chi connectivity index (χ4v) is 1.33. The molecule has 0 aliphatic carbocycles. The van der Waals surface area contributed by atoms with Gasteiger partial charge in [0.2, 0.25) is 0 Å². The Hall–Kier alpha value is -1.30. The zero-order valence-corrected chi connectivity index (χ0v) is 9.48. The van der Waals surface area contributed by atoms with Crippen LogP contribution in [0.15, 0.2) is 30.3 Å². The smallest absolute Gasteiger partial charge is 0.104 e. The minimum atomic E-state index is -0.0372. The van der Waals surface area contributed by atoms with Crippen LogP contribution in [0.25, 0.3) is 0 Å². The van der Waals surface area contributed by atoms with Crippen molar-refractivity contribution in [1.82, 2.24) is 0 Å². The van der Waals surface area contributed by atoms with Crippen LogP contribution in [0.2, 0.25) is 0 Å². The van der Waals surface area contributed by atoms with Crippen LogP contribution in [0.3, 0.4) is 0 Å². The van der Waals surface area contributed by atoms with Crippen molar-refractivity contribution in [2.45, 2.75) is 25.9 Å². The molecule has 0 saturated heterocycles. The van der Waals surface area contributed by atoms with Gasteiger partial charge in [-0.05, 0) is 18.4 Å². The standard InChI is InChI=1S/C14H18O2/c15-11-7-2-1-3-8-12-16-13-14-9-5-4-6-10-14/h4-6,9-10,15H,1,3,8,11-13H2. The van der Waals surface area contributed by atoms with E-state index in [1.54, 1.807) is 0 Å². The molecule has 1 aromatic carbocycles. The van der Waals surface area contributed by atoms with E-state index in [9.17, 15) is 0 Å².